The third-order valence-electron chi connectivity index (χ3n) is 5.40. The van der Waals surface area contributed by atoms with Gasteiger partial charge in [0, 0.05) is 42.6 Å². The number of hydrogen-bond donors (Lipinski definition) is 2. The van der Waals surface area contributed by atoms with Gasteiger partial charge in [0.2, 0.25) is 6.79 Å². The van der Waals surface area contributed by atoms with Gasteiger partial charge in [0.05, 0.1) is 22.2 Å². The Bertz CT molecular complexity index is 1030. The fourth-order valence-corrected chi connectivity index (χ4v) is 4.54. The lowest BCUT2D eigenvalue weighted by molar-refractivity contribution is 0.173. The molecule has 0 bridgehead atoms. The van der Waals surface area contributed by atoms with Crippen LogP contribution in [-0.4, -0.2) is 31.5 Å². The normalized spacial score (nSPS) is 18.1. The van der Waals surface area contributed by atoms with E-state index in [-0.39, 0.29) is 12.7 Å². The number of aromatic nitrogens is 1. The molecular formula is C21H20Cl2N2O3. The van der Waals surface area contributed by atoms with Gasteiger partial charge in [-0.15, -0.1) is 0 Å². The highest BCUT2D eigenvalue weighted by atomic mass is 35.5. The Morgan fingerprint density at radius 1 is 1.07 bits per heavy atom. The first-order valence-corrected chi connectivity index (χ1v) is 10.2. The minimum atomic E-state index is 0.263. The van der Waals surface area contributed by atoms with Crippen molar-refractivity contribution in [3.63, 3.8) is 0 Å². The maximum absolute atomic E-state index is 6.55. The van der Waals surface area contributed by atoms with E-state index < -0.39 is 0 Å². The van der Waals surface area contributed by atoms with Crippen molar-refractivity contribution in [2.75, 3.05) is 26.5 Å². The summed E-state index contributed by atoms with van der Waals surface area (Å²) >= 11 is 13.0. The molecule has 2 N–H and O–H groups in total. The highest BCUT2D eigenvalue weighted by Crippen LogP contribution is 2.40. The quantitative estimate of drug-likeness (QED) is 0.632. The third kappa shape index (κ3) is 3.17. The number of hydrogen-bond acceptors (Lipinski definition) is 4. The van der Waals surface area contributed by atoms with Gasteiger partial charge in [0.15, 0.2) is 11.5 Å². The lowest BCUT2D eigenvalue weighted by Gasteiger charge is -2.17. The lowest BCUT2D eigenvalue weighted by Crippen LogP contribution is -2.21. The fraction of sp³-hybridized carbons (Fsp3) is 0.333. The summed E-state index contributed by atoms with van der Waals surface area (Å²) in [4.78, 5) is 3.50. The zero-order valence-corrected chi connectivity index (χ0v) is 16.7. The zero-order valence-electron chi connectivity index (χ0n) is 15.2. The van der Waals surface area contributed by atoms with Crippen molar-refractivity contribution in [3.8, 4) is 17.2 Å². The van der Waals surface area contributed by atoms with Gasteiger partial charge in [0.1, 0.15) is 5.75 Å². The van der Waals surface area contributed by atoms with Crippen LogP contribution < -0.4 is 19.5 Å². The van der Waals surface area contributed by atoms with Crippen LogP contribution in [0.1, 0.15) is 23.6 Å². The van der Waals surface area contributed by atoms with E-state index in [0.717, 1.165) is 59.1 Å². The molecule has 0 saturated carbocycles. The minimum absolute atomic E-state index is 0.263. The molecule has 0 spiro atoms. The lowest BCUT2D eigenvalue weighted by atomic mass is 9.93. The molecule has 1 atom stereocenters. The molecule has 0 amide bonds. The van der Waals surface area contributed by atoms with Crippen molar-refractivity contribution >= 4 is 34.1 Å². The highest BCUT2D eigenvalue weighted by Gasteiger charge is 2.25. The van der Waals surface area contributed by atoms with Crippen LogP contribution in [-0.2, 0) is 6.42 Å². The summed E-state index contributed by atoms with van der Waals surface area (Å²) in [5, 5.41) is 6.01. The molecule has 0 aliphatic carbocycles. The third-order valence-corrected chi connectivity index (χ3v) is 6.03. The number of halogens is 2. The average molecular weight is 419 g/mol. The Morgan fingerprint density at radius 3 is 2.86 bits per heavy atom. The van der Waals surface area contributed by atoms with Crippen LogP contribution >= 0.6 is 23.2 Å². The van der Waals surface area contributed by atoms with Gasteiger partial charge < -0.3 is 24.5 Å². The number of fused-ring (bicyclic) bond motifs is 4. The van der Waals surface area contributed by atoms with Gasteiger partial charge in [-0.1, -0.05) is 23.2 Å². The predicted molar refractivity (Wildman–Crippen MR) is 110 cm³/mol. The Morgan fingerprint density at radius 2 is 1.93 bits per heavy atom. The van der Waals surface area contributed by atoms with Crippen LogP contribution in [0.2, 0.25) is 10.0 Å². The molecule has 3 aromatic rings. The van der Waals surface area contributed by atoms with Gasteiger partial charge in [-0.05, 0) is 36.2 Å². The average Bonchev–Trinajstić information content (AvgIpc) is 3.27. The molecule has 28 heavy (non-hydrogen) atoms. The van der Waals surface area contributed by atoms with E-state index in [1.807, 2.05) is 30.3 Å². The molecule has 1 aromatic heterocycles. The van der Waals surface area contributed by atoms with E-state index in [9.17, 15) is 0 Å². The van der Waals surface area contributed by atoms with E-state index in [1.54, 1.807) is 0 Å². The summed E-state index contributed by atoms with van der Waals surface area (Å²) in [5.41, 5.74) is 3.41. The first-order valence-electron chi connectivity index (χ1n) is 9.42. The largest absolute Gasteiger partial charge is 0.493 e. The van der Waals surface area contributed by atoms with Crippen molar-refractivity contribution in [3.05, 3.63) is 51.6 Å². The molecule has 3 heterocycles. The summed E-state index contributed by atoms with van der Waals surface area (Å²) < 4.78 is 16.8. The monoisotopic (exact) mass is 418 g/mol. The summed E-state index contributed by atoms with van der Waals surface area (Å²) in [5.74, 6) is 2.56. The minimum Gasteiger partial charge on any atom is -0.493 e. The zero-order chi connectivity index (χ0) is 19.1. The number of aromatic amines is 1. The highest BCUT2D eigenvalue weighted by molar-refractivity contribution is 6.40. The topological polar surface area (TPSA) is 55.5 Å². The molecule has 1 unspecified atom stereocenters. The summed E-state index contributed by atoms with van der Waals surface area (Å²) in [6.45, 7) is 2.66. The summed E-state index contributed by atoms with van der Waals surface area (Å²) in [6.07, 6.45) is 1.79. The molecular weight excluding hydrogens is 399 g/mol. The van der Waals surface area contributed by atoms with Gasteiger partial charge in [-0.2, -0.15) is 0 Å². The number of benzene rings is 2. The molecule has 2 aliphatic heterocycles. The van der Waals surface area contributed by atoms with Gasteiger partial charge >= 0.3 is 0 Å². The first kappa shape index (κ1) is 18.0. The van der Waals surface area contributed by atoms with Crippen molar-refractivity contribution in [1.29, 1.82) is 0 Å². The van der Waals surface area contributed by atoms with Crippen LogP contribution in [0.4, 0.5) is 0 Å². The van der Waals surface area contributed by atoms with Crippen LogP contribution in [0, 0.1) is 0 Å². The van der Waals surface area contributed by atoms with Gasteiger partial charge in [0.25, 0.3) is 0 Å². The molecule has 146 valence electrons. The molecule has 2 aliphatic rings. The second-order valence-corrected chi connectivity index (χ2v) is 7.91. The van der Waals surface area contributed by atoms with Crippen molar-refractivity contribution in [2.45, 2.75) is 18.8 Å². The number of H-pyrrole nitrogens is 1. The standard InChI is InChI=1S/C21H20Cl2N2O3/c22-14-2-3-15(23)21-20(14)19-12(10-24-7-5-16(19)25-21)6-8-26-13-1-4-17-18(9-13)28-11-27-17/h1-4,9,12,24-25H,5-8,10-11H2. The van der Waals surface area contributed by atoms with E-state index in [0.29, 0.717) is 11.6 Å². The van der Waals surface area contributed by atoms with Crippen molar-refractivity contribution in [1.82, 2.24) is 10.3 Å². The van der Waals surface area contributed by atoms with Crippen LogP contribution in [0.5, 0.6) is 17.2 Å². The molecule has 5 nitrogen and oxygen atoms in total. The van der Waals surface area contributed by atoms with Crippen molar-refractivity contribution < 1.29 is 14.2 Å². The summed E-state index contributed by atoms with van der Waals surface area (Å²) in [7, 11) is 0. The SMILES string of the molecule is Clc1ccc(Cl)c2c3c([nH]c12)CCNCC3CCOc1ccc2c(c1)OCO2. The van der Waals surface area contributed by atoms with Crippen molar-refractivity contribution in [2.24, 2.45) is 0 Å². The van der Waals surface area contributed by atoms with Gasteiger partial charge in [-0.25, -0.2) is 0 Å². The number of ether oxygens (including phenoxy) is 3. The molecule has 0 saturated heterocycles. The van der Waals surface area contributed by atoms with Crippen LogP contribution in [0.25, 0.3) is 10.9 Å². The second-order valence-electron chi connectivity index (χ2n) is 7.10. The summed E-state index contributed by atoms with van der Waals surface area (Å²) in [6, 6.07) is 9.38. The molecule has 0 radical (unpaired) electrons. The van der Waals surface area contributed by atoms with Gasteiger partial charge in [-0.3, -0.25) is 0 Å². The van der Waals surface area contributed by atoms with E-state index >= 15 is 0 Å². The van der Waals surface area contributed by atoms with E-state index in [2.05, 4.69) is 10.3 Å². The number of rotatable bonds is 4. The first-order chi connectivity index (χ1) is 13.7. The molecule has 7 heteroatoms. The Kier molecular flexibility index (Phi) is 4.75. The molecule has 2 aromatic carbocycles. The Labute approximate surface area is 172 Å². The Balaban J connectivity index is 1.38. The van der Waals surface area contributed by atoms with E-state index in [1.165, 1.54) is 11.3 Å². The molecule has 5 rings (SSSR count). The van der Waals surface area contributed by atoms with Crippen LogP contribution in [0.3, 0.4) is 0 Å². The fourth-order valence-electron chi connectivity index (χ4n) is 4.08. The second kappa shape index (κ2) is 7.39. The Hall–Kier alpha value is -2.08. The smallest absolute Gasteiger partial charge is 0.231 e. The molecule has 0 fully saturated rings. The van der Waals surface area contributed by atoms with E-state index in [4.69, 9.17) is 37.4 Å². The maximum atomic E-state index is 6.55. The predicted octanol–water partition coefficient (Wildman–Crippen LogP) is 4.90. The number of nitrogens with one attached hydrogen (secondary N) is 2. The maximum Gasteiger partial charge on any atom is 0.231 e. The van der Waals surface area contributed by atoms with Crippen LogP contribution in [0.15, 0.2) is 30.3 Å².